The van der Waals surface area contributed by atoms with E-state index >= 15 is 0 Å². The van der Waals surface area contributed by atoms with Gasteiger partial charge in [0, 0.05) is 32.2 Å². The molecule has 5 heteroatoms. The lowest BCUT2D eigenvalue weighted by Crippen LogP contribution is -2.44. The molecule has 108 valence electrons. The zero-order chi connectivity index (χ0) is 13.7. The first-order chi connectivity index (χ1) is 9.15. The third-order valence-corrected chi connectivity index (χ3v) is 3.89. The number of rotatable bonds is 8. The summed E-state index contributed by atoms with van der Waals surface area (Å²) in [5, 5.41) is 12.2. The van der Waals surface area contributed by atoms with Crippen LogP contribution in [-0.4, -0.2) is 72.7 Å². The number of piperazine rings is 1. The molecule has 0 unspecified atom stereocenters. The number of aliphatic carboxylic acids is 1. The highest BCUT2D eigenvalue weighted by molar-refractivity contribution is 5.73. The van der Waals surface area contributed by atoms with Crippen LogP contribution in [0.15, 0.2) is 12.2 Å². The van der Waals surface area contributed by atoms with Crippen LogP contribution in [0.25, 0.3) is 0 Å². The predicted molar refractivity (Wildman–Crippen MR) is 75.3 cm³/mol. The van der Waals surface area contributed by atoms with Crippen molar-refractivity contribution in [3.05, 3.63) is 12.2 Å². The second-order valence-electron chi connectivity index (χ2n) is 5.61. The molecular weight excluding hydrogens is 242 g/mol. The number of unbranched alkanes of at least 4 members (excludes halogenated alkanes) is 1. The quantitative estimate of drug-likeness (QED) is 0.492. The molecule has 2 rings (SSSR count). The molecule has 0 bridgehead atoms. The number of carboxylic acid groups (broad SMARTS) is 1. The smallest absolute Gasteiger partial charge is 0.320 e. The molecule has 5 nitrogen and oxygen atoms in total. The van der Waals surface area contributed by atoms with Gasteiger partial charge in [-0.25, -0.2) is 0 Å². The maximum Gasteiger partial charge on any atom is 0.320 e. The molecule has 0 spiro atoms. The Balaban J connectivity index is 1.55. The molecule has 1 aliphatic heterocycles. The summed E-state index contributed by atoms with van der Waals surface area (Å²) in [4.78, 5) is 15.9. The van der Waals surface area contributed by atoms with Crippen LogP contribution >= 0.6 is 0 Å². The monoisotopic (exact) mass is 267 g/mol. The molecule has 1 aliphatic carbocycles. The number of hydrogen-bond donors (Lipinski definition) is 2. The minimum Gasteiger partial charge on any atom is -0.480 e. The fourth-order valence-electron chi connectivity index (χ4n) is 2.43. The van der Waals surface area contributed by atoms with Crippen molar-refractivity contribution in [3.63, 3.8) is 0 Å². The van der Waals surface area contributed by atoms with Crippen LogP contribution in [0.5, 0.6) is 0 Å². The van der Waals surface area contributed by atoms with Crippen LogP contribution in [0.2, 0.25) is 0 Å². The van der Waals surface area contributed by atoms with E-state index in [1.54, 1.807) is 0 Å². The summed E-state index contributed by atoms with van der Waals surface area (Å²) < 4.78 is 0. The van der Waals surface area contributed by atoms with Crippen molar-refractivity contribution < 1.29 is 9.90 Å². The number of hydrogen-bond acceptors (Lipinski definition) is 4. The topological polar surface area (TPSA) is 55.8 Å². The van der Waals surface area contributed by atoms with Crippen molar-refractivity contribution in [2.75, 3.05) is 39.8 Å². The Morgan fingerprint density at radius 1 is 1.32 bits per heavy atom. The highest BCUT2D eigenvalue weighted by Gasteiger charge is 2.22. The molecule has 0 saturated carbocycles. The summed E-state index contributed by atoms with van der Waals surface area (Å²) >= 11 is 0. The molecule has 1 atom stereocenters. The van der Waals surface area contributed by atoms with Crippen molar-refractivity contribution in [1.82, 2.24) is 15.1 Å². The Kier molecular flexibility index (Phi) is 5.36. The van der Waals surface area contributed by atoms with Gasteiger partial charge in [0.05, 0.1) is 0 Å². The van der Waals surface area contributed by atoms with E-state index in [-0.39, 0.29) is 6.04 Å². The summed E-state index contributed by atoms with van der Waals surface area (Å²) in [6.07, 6.45) is 6.76. The normalized spacial score (nSPS) is 22.6. The van der Waals surface area contributed by atoms with E-state index in [2.05, 4.69) is 22.2 Å². The first-order valence-electron chi connectivity index (χ1n) is 7.23. The Bertz CT molecular complexity index is 319. The number of carbonyl (C=O) groups is 1. The van der Waals surface area contributed by atoms with Crippen molar-refractivity contribution in [2.24, 2.45) is 0 Å². The maximum absolute atomic E-state index is 11.1. The van der Waals surface area contributed by atoms with Crippen LogP contribution in [0.3, 0.4) is 0 Å². The van der Waals surface area contributed by atoms with Gasteiger partial charge in [-0.3, -0.25) is 10.1 Å². The van der Waals surface area contributed by atoms with Gasteiger partial charge < -0.3 is 14.9 Å². The third kappa shape index (κ3) is 5.30. The van der Waals surface area contributed by atoms with Gasteiger partial charge in [0.1, 0.15) is 6.04 Å². The summed E-state index contributed by atoms with van der Waals surface area (Å²) in [6.45, 7) is 5.67. The van der Waals surface area contributed by atoms with Crippen LogP contribution in [0.1, 0.15) is 19.3 Å². The summed E-state index contributed by atoms with van der Waals surface area (Å²) in [6, 6.07) is -0.175. The summed E-state index contributed by atoms with van der Waals surface area (Å²) in [7, 11) is 2.16. The van der Waals surface area contributed by atoms with E-state index in [1.165, 1.54) is 0 Å². The second-order valence-corrected chi connectivity index (χ2v) is 5.61. The van der Waals surface area contributed by atoms with Gasteiger partial charge >= 0.3 is 5.97 Å². The van der Waals surface area contributed by atoms with Crippen LogP contribution in [-0.2, 0) is 4.79 Å². The Morgan fingerprint density at radius 3 is 2.58 bits per heavy atom. The molecule has 0 aromatic heterocycles. The van der Waals surface area contributed by atoms with Gasteiger partial charge in [0.15, 0.2) is 0 Å². The number of nitrogens with one attached hydrogen (secondary N) is 1. The zero-order valence-corrected chi connectivity index (χ0v) is 11.7. The highest BCUT2D eigenvalue weighted by Crippen LogP contribution is 2.10. The number of carboxylic acids is 1. The maximum atomic E-state index is 11.1. The van der Waals surface area contributed by atoms with Crippen molar-refractivity contribution >= 4 is 5.97 Å². The first kappa shape index (κ1) is 14.5. The molecule has 2 N–H and O–H groups in total. The average Bonchev–Trinajstić information content (AvgIpc) is 3.19. The van der Waals surface area contributed by atoms with Crippen molar-refractivity contribution in [3.8, 4) is 0 Å². The molecule has 2 aliphatic rings. The summed E-state index contributed by atoms with van der Waals surface area (Å²) in [5.74, 6) is -0.728. The van der Waals surface area contributed by atoms with Gasteiger partial charge in [-0.05, 0) is 26.4 Å². The van der Waals surface area contributed by atoms with E-state index in [1.807, 2.05) is 12.2 Å². The van der Waals surface area contributed by atoms with Gasteiger partial charge in [-0.15, -0.1) is 0 Å². The molecule has 0 aromatic carbocycles. The fourth-order valence-corrected chi connectivity index (χ4v) is 2.43. The average molecular weight is 267 g/mol. The largest absolute Gasteiger partial charge is 0.480 e. The van der Waals surface area contributed by atoms with Gasteiger partial charge in [-0.2, -0.15) is 0 Å². The van der Waals surface area contributed by atoms with Crippen molar-refractivity contribution in [2.45, 2.75) is 31.3 Å². The molecule has 0 aromatic rings. The number of likely N-dealkylation sites (N-methyl/N-ethyl adjacent to an activating group) is 1. The molecule has 19 heavy (non-hydrogen) atoms. The summed E-state index contributed by atoms with van der Waals surface area (Å²) in [5.41, 5.74) is 0. The molecular formula is C14H25N3O2. The lowest BCUT2D eigenvalue weighted by atomic mass is 10.1. The molecule has 1 heterocycles. The van der Waals surface area contributed by atoms with Gasteiger partial charge in [0.2, 0.25) is 0 Å². The predicted octanol–water partition coefficient (Wildman–Crippen LogP) is 0.385. The Hall–Kier alpha value is -0.910. The van der Waals surface area contributed by atoms with Crippen molar-refractivity contribution in [1.29, 1.82) is 0 Å². The zero-order valence-electron chi connectivity index (χ0n) is 11.7. The molecule has 1 saturated heterocycles. The number of nitrogens with zero attached hydrogens (tertiary/aromatic N) is 2. The fraction of sp³-hybridized carbons (Fsp3) is 0.786. The van der Waals surface area contributed by atoms with Crippen LogP contribution in [0, 0.1) is 0 Å². The van der Waals surface area contributed by atoms with E-state index in [0.29, 0.717) is 0 Å². The minimum atomic E-state index is -0.728. The van der Waals surface area contributed by atoms with Gasteiger partial charge in [-0.1, -0.05) is 18.6 Å². The van der Waals surface area contributed by atoms with E-state index < -0.39 is 12.0 Å². The van der Waals surface area contributed by atoms with E-state index in [0.717, 1.165) is 52.0 Å². The molecule has 1 fully saturated rings. The Labute approximate surface area is 115 Å². The lowest BCUT2D eigenvalue weighted by molar-refractivity contribution is -0.139. The van der Waals surface area contributed by atoms with E-state index in [4.69, 9.17) is 5.11 Å². The second kappa shape index (κ2) is 7.03. The SMILES string of the molecule is CN1CCN(CCCC[C@H](NC2C=C2)C(=O)O)CC1. The third-order valence-electron chi connectivity index (χ3n) is 3.89. The highest BCUT2D eigenvalue weighted by atomic mass is 16.4. The molecule has 0 amide bonds. The molecule has 0 radical (unpaired) electrons. The van der Waals surface area contributed by atoms with E-state index in [9.17, 15) is 4.79 Å². The lowest BCUT2D eigenvalue weighted by Gasteiger charge is -2.32. The van der Waals surface area contributed by atoms with Crippen LogP contribution in [0.4, 0.5) is 0 Å². The first-order valence-corrected chi connectivity index (χ1v) is 7.23. The Morgan fingerprint density at radius 2 is 2.00 bits per heavy atom. The van der Waals surface area contributed by atoms with Gasteiger partial charge in [0.25, 0.3) is 0 Å². The standard InChI is InChI=1S/C14H25N3O2/c1-16-8-10-17(11-9-16)7-3-2-4-13(14(18)19)15-12-5-6-12/h5-6,12-13,15H,2-4,7-11H2,1H3,(H,18,19)/t13-/m0/s1. The van der Waals surface area contributed by atoms with Crippen LogP contribution < -0.4 is 5.32 Å². The minimum absolute atomic E-state index is 0.221.